The Morgan fingerprint density at radius 3 is 2.59 bits per heavy atom. The van der Waals surface area contributed by atoms with Crippen LogP contribution in [0.4, 0.5) is 5.69 Å². The zero-order valence-corrected chi connectivity index (χ0v) is 30.2. The lowest BCUT2D eigenvalue weighted by molar-refractivity contribution is -0.337. The highest BCUT2D eigenvalue weighted by Gasteiger charge is 2.89. The van der Waals surface area contributed by atoms with Crippen molar-refractivity contribution in [1.29, 1.82) is 0 Å². The van der Waals surface area contributed by atoms with Gasteiger partial charge in [0, 0.05) is 87.9 Å². The van der Waals surface area contributed by atoms with Gasteiger partial charge >= 0.3 is 5.97 Å². The van der Waals surface area contributed by atoms with Crippen LogP contribution in [0.25, 0.3) is 6.08 Å². The molecular formula is C40H51N3O8. The number of likely N-dealkylation sites (tertiary alicyclic amines) is 1. The molecule has 5 saturated carbocycles. The summed E-state index contributed by atoms with van der Waals surface area (Å²) in [7, 11) is 5.06. The van der Waals surface area contributed by atoms with E-state index in [1.165, 1.54) is 6.08 Å². The third-order valence-corrected chi connectivity index (χ3v) is 14.2. The number of aryl methyl sites for hydroxylation is 1. The topological polar surface area (TPSA) is 140 Å². The average Bonchev–Trinajstić information content (AvgIpc) is 3.57. The van der Waals surface area contributed by atoms with E-state index in [1.54, 1.807) is 64.1 Å². The van der Waals surface area contributed by atoms with E-state index in [9.17, 15) is 19.8 Å². The maximum absolute atomic E-state index is 14.4. The maximum atomic E-state index is 14.4. The number of para-hydroxylation sites is 1. The number of likely N-dealkylation sites (N-methyl/N-ethyl adjacent to an activating group) is 1. The zero-order chi connectivity index (χ0) is 35.9. The Morgan fingerprint density at radius 1 is 1.06 bits per heavy atom. The summed E-state index contributed by atoms with van der Waals surface area (Å²) >= 11 is 0. The van der Waals surface area contributed by atoms with Crippen molar-refractivity contribution in [3.8, 4) is 0 Å². The number of carbonyl (C=O) groups is 2. The smallest absolute Gasteiger partial charge is 0.340 e. The van der Waals surface area contributed by atoms with Crippen LogP contribution in [0.1, 0.15) is 67.4 Å². The Morgan fingerprint density at radius 2 is 1.86 bits per heavy atom. The van der Waals surface area contributed by atoms with Gasteiger partial charge in [-0.05, 0) is 74.1 Å². The van der Waals surface area contributed by atoms with Crippen LogP contribution in [-0.2, 0) is 30.2 Å². The van der Waals surface area contributed by atoms with Gasteiger partial charge < -0.3 is 34.5 Å². The summed E-state index contributed by atoms with van der Waals surface area (Å²) < 4.78 is 25.3. The molecule has 6 fully saturated rings. The minimum absolute atomic E-state index is 0.0710. The number of hydrogen-bond acceptors (Lipinski definition) is 10. The van der Waals surface area contributed by atoms with Crippen LogP contribution in [0.5, 0.6) is 0 Å². The number of rotatable bonds is 10. The van der Waals surface area contributed by atoms with Crippen molar-refractivity contribution < 1.29 is 38.7 Å². The fourth-order valence-electron chi connectivity index (χ4n) is 12.6. The summed E-state index contributed by atoms with van der Waals surface area (Å²) in [6.45, 7) is 5.37. The van der Waals surface area contributed by atoms with Crippen LogP contribution in [0.2, 0.25) is 0 Å². The number of carbonyl (C=O) groups excluding carboxylic acids is 2. The fraction of sp³-hybridized carbons (Fsp3) is 0.625. The molecule has 1 amide bonds. The molecular weight excluding hydrogens is 650 g/mol. The van der Waals surface area contributed by atoms with Gasteiger partial charge in [0.15, 0.2) is 0 Å². The van der Waals surface area contributed by atoms with Crippen molar-refractivity contribution in [3.05, 3.63) is 65.5 Å². The summed E-state index contributed by atoms with van der Waals surface area (Å²) in [6, 6.07) is 8.86. The monoisotopic (exact) mass is 701 g/mol. The van der Waals surface area contributed by atoms with Crippen molar-refractivity contribution >= 4 is 23.6 Å². The fourth-order valence-corrected chi connectivity index (χ4v) is 12.6. The van der Waals surface area contributed by atoms with Crippen LogP contribution in [0.3, 0.4) is 0 Å². The third-order valence-electron chi connectivity index (χ3n) is 14.2. The largest absolute Gasteiger partial charge is 0.454 e. The number of aromatic nitrogens is 1. The first kappa shape index (κ1) is 34.9. The molecule has 1 unspecified atom stereocenters. The first-order valence-electron chi connectivity index (χ1n) is 18.6. The molecule has 3 N–H and O–H groups in total. The number of pyridine rings is 1. The van der Waals surface area contributed by atoms with Crippen LogP contribution < -0.4 is 5.32 Å². The molecule has 0 radical (unpaired) electrons. The summed E-state index contributed by atoms with van der Waals surface area (Å²) in [4.78, 5) is 34.2. The second-order valence-corrected chi connectivity index (χ2v) is 15.8. The quantitative estimate of drug-likeness (QED) is 0.247. The molecule has 1 aliphatic heterocycles. The number of methoxy groups -OCH3 is 3. The van der Waals surface area contributed by atoms with Gasteiger partial charge in [-0.25, -0.2) is 4.79 Å². The lowest BCUT2D eigenvalue weighted by Crippen LogP contribution is -2.83. The van der Waals surface area contributed by atoms with Crippen molar-refractivity contribution in [2.24, 2.45) is 29.1 Å². The van der Waals surface area contributed by atoms with E-state index in [0.717, 1.165) is 17.5 Å². The summed E-state index contributed by atoms with van der Waals surface area (Å²) in [6.07, 6.45) is 9.22. The number of anilines is 1. The molecule has 2 heterocycles. The maximum Gasteiger partial charge on any atom is 0.340 e. The van der Waals surface area contributed by atoms with Gasteiger partial charge in [0.25, 0.3) is 0 Å². The number of nitrogens with one attached hydrogen (secondary N) is 1. The van der Waals surface area contributed by atoms with E-state index in [4.69, 9.17) is 18.9 Å². The number of nitrogens with zero attached hydrogens (tertiary/aromatic N) is 2. The minimum Gasteiger partial charge on any atom is -0.454 e. The number of ether oxygens (including phenoxy) is 4. The van der Waals surface area contributed by atoms with Crippen molar-refractivity contribution in [1.82, 2.24) is 9.88 Å². The lowest BCUT2D eigenvalue weighted by Gasteiger charge is -2.70. The molecule has 11 nitrogen and oxygen atoms in total. The predicted octanol–water partition coefficient (Wildman–Crippen LogP) is 3.87. The molecule has 8 rings (SSSR count). The summed E-state index contributed by atoms with van der Waals surface area (Å²) in [5, 5.41) is 28.8. The predicted molar refractivity (Wildman–Crippen MR) is 189 cm³/mol. The van der Waals surface area contributed by atoms with E-state index in [0.29, 0.717) is 50.9 Å². The second-order valence-electron chi connectivity index (χ2n) is 15.8. The standard InChI is InChI=1S/C40H51N3O8/c1-6-23-16-24(21-41-20-23)12-13-33(44)42-28-11-9-8-10-25(28)36(45)51-37-15-14-32(49-4)39-30(37)18-27(34(39)43(7-2)22-37)38(46)19-29(48-3)26-17-31(39)40(38,47)35(26)50-5/h8-13,16,20-21,26-27,29-32,34-35,46-47H,6-7,14-15,17-19,22H2,1-5H3,(H,42,44)/b13-12+/t26-,27-,29+,30-,31+,32+,34?,35+,37-,38+,39+,40+/m1/s1. The molecule has 7 bridgehead atoms. The molecule has 1 saturated heterocycles. The average molecular weight is 702 g/mol. The van der Waals surface area contributed by atoms with Gasteiger partial charge in [-0.1, -0.05) is 26.0 Å². The molecule has 1 spiro atoms. The van der Waals surface area contributed by atoms with E-state index >= 15 is 0 Å². The highest BCUT2D eigenvalue weighted by Crippen LogP contribution is 2.79. The van der Waals surface area contributed by atoms with Crippen LogP contribution in [0.15, 0.2) is 48.8 Å². The third kappa shape index (κ3) is 4.61. The SMILES string of the molecule is CCc1cncc(/C=C/C(=O)Nc2ccccc2C(=O)O[C@@]23CC[C@H](OC)[C@]45C([C@@H](C[C@H]24)[C@@]2(O)C[C@H](OC)[C@H]4C[C@@H]5[C@]2(O)[C@H]4OC)N(CC)C3)c1. The van der Waals surface area contributed by atoms with E-state index < -0.39 is 34.3 Å². The molecule has 2 aromatic rings. The second kappa shape index (κ2) is 12.5. The Balaban J connectivity index is 1.14. The summed E-state index contributed by atoms with van der Waals surface area (Å²) in [5.41, 5.74) is -1.92. The van der Waals surface area contributed by atoms with Gasteiger partial charge in [-0.15, -0.1) is 0 Å². The van der Waals surface area contributed by atoms with Crippen LogP contribution >= 0.6 is 0 Å². The molecule has 274 valence electrons. The van der Waals surface area contributed by atoms with Gasteiger partial charge in [-0.2, -0.15) is 0 Å². The first-order valence-corrected chi connectivity index (χ1v) is 18.6. The highest BCUT2D eigenvalue weighted by atomic mass is 16.6. The minimum atomic E-state index is -1.50. The molecule has 5 aliphatic carbocycles. The molecule has 51 heavy (non-hydrogen) atoms. The number of aliphatic hydroxyl groups is 2. The highest BCUT2D eigenvalue weighted by molar-refractivity contribution is 6.06. The van der Waals surface area contributed by atoms with Gasteiger partial charge in [-0.3, -0.25) is 14.7 Å². The Labute approximate surface area is 299 Å². The van der Waals surface area contributed by atoms with E-state index in [1.807, 2.05) is 6.07 Å². The molecule has 11 heteroatoms. The van der Waals surface area contributed by atoms with Crippen LogP contribution in [0, 0.1) is 29.1 Å². The van der Waals surface area contributed by atoms with Crippen molar-refractivity contribution in [2.45, 2.75) is 93.5 Å². The normalized spacial score (nSPS) is 41.9. The Hall–Kier alpha value is -3.19. The van der Waals surface area contributed by atoms with E-state index in [-0.39, 0.29) is 53.4 Å². The molecule has 6 aliphatic rings. The van der Waals surface area contributed by atoms with Crippen LogP contribution in [-0.4, -0.2) is 108 Å². The number of hydrogen-bond donors (Lipinski definition) is 3. The molecule has 12 atom stereocenters. The number of esters is 1. The zero-order valence-electron chi connectivity index (χ0n) is 30.2. The van der Waals surface area contributed by atoms with Gasteiger partial charge in [0.1, 0.15) is 16.8 Å². The lowest BCUT2D eigenvalue weighted by atomic mass is 9.44. The Bertz CT molecular complexity index is 1740. The van der Waals surface area contributed by atoms with Gasteiger partial charge in [0.05, 0.1) is 29.6 Å². The van der Waals surface area contributed by atoms with E-state index in [2.05, 4.69) is 29.0 Å². The van der Waals surface area contributed by atoms with Crippen molar-refractivity contribution in [2.75, 3.05) is 39.7 Å². The number of benzene rings is 1. The van der Waals surface area contributed by atoms with Gasteiger partial charge in [0.2, 0.25) is 5.91 Å². The number of piperidine rings is 1. The molecule has 1 aromatic heterocycles. The number of fused-ring (bicyclic) bond motifs is 2. The first-order chi connectivity index (χ1) is 24.6. The Kier molecular flexibility index (Phi) is 8.52. The number of amides is 1. The van der Waals surface area contributed by atoms with Crippen molar-refractivity contribution in [3.63, 3.8) is 0 Å². The summed E-state index contributed by atoms with van der Waals surface area (Å²) in [5.74, 6) is -1.80. The molecule has 1 aromatic carbocycles.